The van der Waals surface area contributed by atoms with Crippen molar-refractivity contribution in [3.05, 3.63) is 0 Å². The van der Waals surface area contributed by atoms with E-state index in [2.05, 4.69) is 46.6 Å². The number of rotatable bonds is 0. The highest BCUT2D eigenvalue weighted by molar-refractivity contribution is 5.89. The molecule has 0 atom stereocenters. The maximum atomic E-state index is 4.77. The normalized spacial score (nSPS) is 19.6. The van der Waals surface area contributed by atoms with Crippen LogP contribution in [0, 0.1) is 5.41 Å². The van der Waals surface area contributed by atoms with Gasteiger partial charge in [0.2, 0.25) is 0 Å². The third-order valence-electron chi connectivity index (χ3n) is 2.67. The van der Waals surface area contributed by atoms with Crippen molar-refractivity contribution in [2.24, 2.45) is 10.5 Å². The lowest BCUT2D eigenvalue weighted by Gasteiger charge is -2.38. The summed E-state index contributed by atoms with van der Waals surface area (Å²) in [7, 11) is 0. The van der Waals surface area contributed by atoms with Crippen LogP contribution in [0.1, 0.15) is 54.4 Å². The molecule has 0 aromatic heterocycles. The van der Waals surface area contributed by atoms with E-state index in [4.69, 9.17) is 5.10 Å². The summed E-state index contributed by atoms with van der Waals surface area (Å²) in [4.78, 5) is 0. The van der Waals surface area contributed by atoms with Crippen molar-refractivity contribution in [3.8, 4) is 0 Å². The zero-order chi connectivity index (χ0) is 11.0. The molecule has 0 aliphatic carbocycles. The number of hydrogen-bond acceptors (Lipinski definition) is 2. The van der Waals surface area contributed by atoms with Crippen molar-refractivity contribution < 1.29 is 0 Å². The molecule has 0 spiro atoms. The molecule has 82 valence electrons. The summed E-state index contributed by atoms with van der Waals surface area (Å²) in [5.74, 6) is 0. The molecule has 0 radical (unpaired) electrons. The Labute approximate surface area is 88.4 Å². The van der Waals surface area contributed by atoms with Crippen LogP contribution in [0.5, 0.6) is 0 Å². The van der Waals surface area contributed by atoms with Crippen LogP contribution in [0.25, 0.3) is 0 Å². The molecule has 0 aromatic carbocycles. The van der Waals surface area contributed by atoms with E-state index >= 15 is 0 Å². The zero-order valence-corrected chi connectivity index (χ0v) is 10.5. The van der Waals surface area contributed by atoms with E-state index < -0.39 is 0 Å². The molecule has 0 aromatic rings. The van der Waals surface area contributed by atoms with E-state index in [9.17, 15) is 0 Å². The molecule has 2 heteroatoms. The first kappa shape index (κ1) is 11.5. The van der Waals surface area contributed by atoms with Gasteiger partial charge in [-0.3, -0.25) is 5.01 Å². The van der Waals surface area contributed by atoms with Crippen molar-refractivity contribution in [1.82, 2.24) is 5.01 Å². The number of hydrazone groups is 1. The Morgan fingerprint density at radius 3 is 2.07 bits per heavy atom. The van der Waals surface area contributed by atoms with Gasteiger partial charge in [-0.1, -0.05) is 20.8 Å². The standard InChI is InChI=1S/C12H24N2/c1-11(2,3)10-8-7-9-14(13-10)12(4,5)6/h7-9H2,1-6H3. The van der Waals surface area contributed by atoms with Crippen molar-refractivity contribution >= 4 is 5.71 Å². The smallest absolute Gasteiger partial charge is 0.0495 e. The highest BCUT2D eigenvalue weighted by Crippen LogP contribution is 2.26. The molecular formula is C12H24N2. The molecule has 0 saturated carbocycles. The zero-order valence-electron chi connectivity index (χ0n) is 10.5. The minimum Gasteiger partial charge on any atom is -0.292 e. The summed E-state index contributed by atoms with van der Waals surface area (Å²) in [6.07, 6.45) is 2.41. The van der Waals surface area contributed by atoms with Crippen LogP contribution in [-0.4, -0.2) is 22.8 Å². The summed E-state index contributed by atoms with van der Waals surface area (Å²) in [6.45, 7) is 14.5. The molecule has 0 amide bonds. The quantitative estimate of drug-likeness (QED) is 0.580. The van der Waals surface area contributed by atoms with Crippen LogP contribution >= 0.6 is 0 Å². The topological polar surface area (TPSA) is 15.6 Å². The number of nitrogens with zero attached hydrogens (tertiary/aromatic N) is 2. The first-order valence-corrected chi connectivity index (χ1v) is 5.57. The van der Waals surface area contributed by atoms with E-state index in [0.29, 0.717) is 0 Å². The average Bonchev–Trinajstić information content (AvgIpc) is 2.01. The van der Waals surface area contributed by atoms with Crippen LogP contribution in [0.15, 0.2) is 5.10 Å². The molecule has 0 N–H and O–H groups in total. The molecule has 14 heavy (non-hydrogen) atoms. The van der Waals surface area contributed by atoms with Gasteiger partial charge >= 0.3 is 0 Å². The van der Waals surface area contributed by atoms with Crippen molar-refractivity contribution in [1.29, 1.82) is 0 Å². The first-order chi connectivity index (χ1) is 6.21. The van der Waals surface area contributed by atoms with Gasteiger partial charge in [-0.2, -0.15) is 5.10 Å². The van der Waals surface area contributed by atoms with Gasteiger partial charge in [-0.05, 0) is 33.6 Å². The van der Waals surface area contributed by atoms with Gasteiger partial charge in [0.15, 0.2) is 0 Å². The maximum absolute atomic E-state index is 4.77. The summed E-state index contributed by atoms with van der Waals surface area (Å²) >= 11 is 0. The van der Waals surface area contributed by atoms with E-state index in [0.717, 1.165) is 13.0 Å². The van der Waals surface area contributed by atoms with Gasteiger partial charge in [0, 0.05) is 23.2 Å². The lowest BCUT2D eigenvalue weighted by Crippen LogP contribution is -2.42. The van der Waals surface area contributed by atoms with Gasteiger partial charge in [-0.15, -0.1) is 0 Å². The first-order valence-electron chi connectivity index (χ1n) is 5.57. The fourth-order valence-corrected chi connectivity index (χ4v) is 1.65. The van der Waals surface area contributed by atoms with Crippen LogP contribution in [0.3, 0.4) is 0 Å². The highest BCUT2D eigenvalue weighted by Gasteiger charge is 2.27. The molecule has 0 unspecified atom stereocenters. The Morgan fingerprint density at radius 1 is 1.07 bits per heavy atom. The Kier molecular flexibility index (Phi) is 2.93. The van der Waals surface area contributed by atoms with E-state index in [1.165, 1.54) is 12.1 Å². The van der Waals surface area contributed by atoms with Crippen molar-refractivity contribution in [2.75, 3.05) is 6.54 Å². The monoisotopic (exact) mass is 196 g/mol. The predicted octanol–water partition coefficient (Wildman–Crippen LogP) is 3.28. The summed E-state index contributed by atoms with van der Waals surface area (Å²) in [5.41, 5.74) is 1.74. The molecular weight excluding hydrogens is 172 g/mol. The average molecular weight is 196 g/mol. The molecule has 1 aliphatic heterocycles. The fourth-order valence-electron chi connectivity index (χ4n) is 1.65. The highest BCUT2D eigenvalue weighted by atomic mass is 15.5. The van der Waals surface area contributed by atoms with E-state index in [1.54, 1.807) is 0 Å². The second kappa shape index (κ2) is 3.56. The summed E-state index contributed by atoms with van der Waals surface area (Å²) in [6, 6.07) is 0. The van der Waals surface area contributed by atoms with Crippen molar-refractivity contribution in [3.63, 3.8) is 0 Å². The lowest BCUT2D eigenvalue weighted by atomic mass is 9.86. The Hall–Kier alpha value is -0.530. The minimum atomic E-state index is 0.164. The molecule has 0 bridgehead atoms. The van der Waals surface area contributed by atoms with Crippen molar-refractivity contribution in [2.45, 2.75) is 59.9 Å². The Morgan fingerprint density at radius 2 is 1.64 bits per heavy atom. The fraction of sp³-hybridized carbons (Fsp3) is 0.917. The van der Waals surface area contributed by atoms with E-state index in [-0.39, 0.29) is 11.0 Å². The second-order valence-electron chi connectivity index (χ2n) is 6.19. The largest absolute Gasteiger partial charge is 0.292 e. The third kappa shape index (κ3) is 2.73. The Balaban J connectivity index is 2.85. The summed E-state index contributed by atoms with van der Waals surface area (Å²) < 4.78 is 0. The van der Waals surface area contributed by atoms with Crippen LogP contribution in [0.4, 0.5) is 0 Å². The van der Waals surface area contributed by atoms with Crippen LogP contribution < -0.4 is 0 Å². The van der Waals surface area contributed by atoms with Gasteiger partial charge in [0.1, 0.15) is 0 Å². The van der Waals surface area contributed by atoms with Gasteiger partial charge in [0.25, 0.3) is 0 Å². The molecule has 1 aliphatic rings. The van der Waals surface area contributed by atoms with Crippen LogP contribution in [0.2, 0.25) is 0 Å². The molecule has 0 fully saturated rings. The SMILES string of the molecule is CC(C)(C)C1=NN(C(C)(C)C)CCC1. The van der Waals surface area contributed by atoms with Gasteiger partial charge in [0.05, 0.1) is 0 Å². The van der Waals surface area contributed by atoms with E-state index in [1.807, 2.05) is 0 Å². The van der Waals surface area contributed by atoms with Gasteiger partial charge < -0.3 is 0 Å². The van der Waals surface area contributed by atoms with Gasteiger partial charge in [-0.25, -0.2) is 0 Å². The molecule has 2 nitrogen and oxygen atoms in total. The second-order valence-corrected chi connectivity index (χ2v) is 6.19. The molecule has 1 heterocycles. The molecule has 0 saturated heterocycles. The Bertz CT molecular complexity index is 228. The number of hydrogen-bond donors (Lipinski definition) is 0. The predicted molar refractivity (Wildman–Crippen MR) is 62.6 cm³/mol. The summed E-state index contributed by atoms with van der Waals surface area (Å²) in [5, 5.41) is 7.01. The van der Waals surface area contributed by atoms with Crippen LogP contribution in [-0.2, 0) is 0 Å². The minimum absolute atomic E-state index is 0.164. The lowest BCUT2D eigenvalue weighted by molar-refractivity contribution is 0.131. The molecule has 1 rings (SSSR count). The third-order valence-corrected chi connectivity index (χ3v) is 2.67. The maximum Gasteiger partial charge on any atom is 0.0495 e.